The number of nitrogens with one attached hydrogen (secondary N) is 2. The number of aliphatic imine (C=N–C) groups is 1. The highest BCUT2D eigenvalue weighted by molar-refractivity contribution is 5.95. The number of amides is 2. The van der Waals surface area contributed by atoms with Gasteiger partial charge in [0.1, 0.15) is 18.4 Å². The lowest BCUT2D eigenvalue weighted by atomic mass is 10.0. The fourth-order valence-corrected chi connectivity index (χ4v) is 2.70. The van der Waals surface area contributed by atoms with Crippen molar-refractivity contribution >= 4 is 35.7 Å². The average Bonchev–Trinajstić information content (AvgIpc) is 2.80. The number of anilines is 1. The van der Waals surface area contributed by atoms with Crippen molar-refractivity contribution in [1.29, 1.82) is 0 Å². The maximum absolute atomic E-state index is 12.1. The Morgan fingerprint density at radius 2 is 1.76 bits per heavy atom. The van der Waals surface area contributed by atoms with E-state index in [-0.39, 0.29) is 30.5 Å². The van der Waals surface area contributed by atoms with Gasteiger partial charge in [-0.15, -0.1) is 0 Å². The van der Waals surface area contributed by atoms with Crippen molar-refractivity contribution in [2.45, 2.75) is 26.5 Å². The minimum atomic E-state index is -0.972. The monoisotopic (exact) mass is 471 g/mol. The van der Waals surface area contributed by atoms with Crippen LogP contribution in [0.25, 0.3) is 0 Å². The SMILES string of the molecule is CC(C)C(N=CN)C(=O)NCC(=O)Nc1ccc(COC(=O)Oc2ccc([N+](=O)[O-])cc2)cc1. The van der Waals surface area contributed by atoms with E-state index < -0.39 is 28.9 Å². The van der Waals surface area contributed by atoms with Gasteiger partial charge in [-0.2, -0.15) is 0 Å². The molecule has 180 valence electrons. The number of benzene rings is 2. The average molecular weight is 471 g/mol. The van der Waals surface area contributed by atoms with Crippen molar-refractivity contribution < 1.29 is 28.8 Å². The molecule has 2 aromatic rings. The van der Waals surface area contributed by atoms with Crippen LogP contribution in [-0.4, -0.2) is 41.8 Å². The van der Waals surface area contributed by atoms with Crippen molar-refractivity contribution in [3.8, 4) is 5.75 Å². The number of ether oxygens (including phenoxy) is 2. The van der Waals surface area contributed by atoms with Crippen molar-refractivity contribution in [1.82, 2.24) is 5.32 Å². The van der Waals surface area contributed by atoms with Crippen LogP contribution < -0.4 is 21.1 Å². The van der Waals surface area contributed by atoms with Crippen LogP contribution in [0, 0.1) is 16.0 Å². The van der Waals surface area contributed by atoms with E-state index in [0.717, 1.165) is 6.34 Å². The molecular weight excluding hydrogens is 446 g/mol. The Kier molecular flexibility index (Phi) is 9.50. The summed E-state index contributed by atoms with van der Waals surface area (Å²) in [4.78, 5) is 50.0. The van der Waals surface area contributed by atoms with Gasteiger partial charge < -0.3 is 25.8 Å². The second kappa shape index (κ2) is 12.5. The number of non-ortho nitro benzene ring substituents is 1. The van der Waals surface area contributed by atoms with Crippen LogP contribution in [0.15, 0.2) is 53.5 Å². The van der Waals surface area contributed by atoms with Crippen molar-refractivity contribution in [2.75, 3.05) is 11.9 Å². The molecule has 0 heterocycles. The molecule has 2 rings (SSSR count). The Bertz CT molecular complexity index is 1040. The Balaban J connectivity index is 1.77. The lowest BCUT2D eigenvalue weighted by Gasteiger charge is -2.15. The van der Waals surface area contributed by atoms with E-state index in [1.807, 2.05) is 13.8 Å². The Hall–Kier alpha value is -4.48. The first-order valence-electron chi connectivity index (χ1n) is 10.2. The third kappa shape index (κ3) is 8.22. The van der Waals surface area contributed by atoms with E-state index in [1.54, 1.807) is 24.3 Å². The molecule has 0 saturated carbocycles. The number of hydrogen-bond acceptors (Lipinski definition) is 8. The number of carbonyl (C=O) groups excluding carboxylic acids is 3. The minimum absolute atomic E-state index is 0.0796. The van der Waals surface area contributed by atoms with E-state index in [9.17, 15) is 24.5 Å². The lowest BCUT2D eigenvalue weighted by molar-refractivity contribution is -0.384. The molecule has 0 radical (unpaired) electrons. The summed E-state index contributed by atoms with van der Waals surface area (Å²) in [5, 5.41) is 15.8. The predicted molar refractivity (Wildman–Crippen MR) is 123 cm³/mol. The molecule has 1 atom stereocenters. The molecule has 2 amide bonds. The molecule has 0 aliphatic carbocycles. The van der Waals surface area contributed by atoms with Crippen LogP contribution in [-0.2, 0) is 20.9 Å². The molecule has 0 saturated heterocycles. The molecule has 0 aliphatic rings. The van der Waals surface area contributed by atoms with Gasteiger partial charge in [0.05, 0.1) is 17.8 Å². The van der Waals surface area contributed by atoms with Crippen LogP contribution in [0.2, 0.25) is 0 Å². The Labute approximate surface area is 195 Å². The van der Waals surface area contributed by atoms with Crippen LogP contribution in [0.3, 0.4) is 0 Å². The van der Waals surface area contributed by atoms with Crippen LogP contribution in [0.4, 0.5) is 16.2 Å². The predicted octanol–water partition coefficient (Wildman–Crippen LogP) is 2.38. The van der Waals surface area contributed by atoms with Crippen molar-refractivity contribution in [3.63, 3.8) is 0 Å². The molecule has 0 spiro atoms. The normalized spacial score (nSPS) is 11.6. The Morgan fingerprint density at radius 1 is 1.12 bits per heavy atom. The van der Waals surface area contributed by atoms with Crippen molar-refractivity contribution in [3.05, 3.63) is 64.2 Å². The van der Waals surface area contributed by atoms with E-state index >= 15 is 0 Å². The smallest absolute Gasteiger partial charge is 0.429 e. The van der Waals surface area contributed by atoms with E-state index in [1.165, 1.54) is 24.3 Å². The Morgan fingerprint density at radius 3 is 2.32 bits per heavy atom. The number of nitrogens with zero attached hydrogens (tertiary/aromatic N) is 2. The van der Waals surface area contributed by atoms with E-state index in [0.29, 0.717) is 11.3 Å². The standard InChI is InChI=1S/C22H25N5O7/c1-14(2)20(25-13-23)21(29)24-11-19(28)26-16-5-3-15(4-6-16)12-33-22(30)34-18-9-7-17(8-10-18)27(31)32/h3-10,13-14,20H,11-12H2,1-2H3,(H2,23,25)(H,24,29)(H,26,28). The summed E-state index contributed by atoms with van der Waals surface area (Å²) in [5.41, 5.74) is 6.24. The number of nitro benzene ring substituents is 1. The van der Waals surface area contributed by atoms with Gasteiger partial charge in [-0.3, -0.25) is 24.7 Å². The zero-order valence-corrected chi connectivity index (χ0v) is 18.6. The first-order chi connectivity index (χ1) is 16.2. The number of nitro groups is 1. The zero-order valence-electron chi connectivity index (χ0n) is 18.6. The van der Waals surface area contributed by atoms with Gasteiger partial charge in [0.25, 0.3) is 5.69 Å². The molecule has 0 bridgehead atoms. The number of rotatable bonds is 10. The number of carbonyl (C=O) groups is 3. The second-order valence-electron chi connectivity index (χ2n) is 7.34. The molecule has 2 aromatic carbocycles. The number of nitrogens with two attached hydrogens (primary N) is 1. The fraction of sp³-hybridized carbons (Fsp3) is 0.273. The van der Waals surface area contributed by atoms with Gasteiger partial charge in [0, 0.05) is 17.8 Å². The first kappa shape index (κ1) is 25.8. The van der Waals surface area contributed by atoms with Gasteiger partial charge in [0.2, 0.25) is 11.8 Å². The van der Waals surface area contributed by atoms with Gasteiger partial charge in [-0.1, -0.05) is 26.0 Å². The lowest BCUT2D eigenvalue weighted by Crippen LogP contribution is -2.41. The molecule has 0 aromatic heterocycles. The highest BCUT2D eigenvalue weighted by atomic mass is 16.7. The first-order valence-corrected chi connectivity index (χ1v) is 10.2. The van der Waals surface area contributed by atoms with Crippen LogP contribution in [0.5, 0.6) is 5.75 Å². The largest absolute Gasteiger partial charge is 0.514 e. The van der Waals surface area contributed by atoms with E-state index in [2.05, 4.69) is 15.6 Å². The van der Waals surface area contributed by atoms with Crippen LogP contribution >= 0.6 is 0 Å². The molecule has 34 heavy (non-hydrogen) atoms. The maximum atomic E-state index is 12.1. The molecular formula is C22H25N5O7. The third-order valence-corrected chi connectivity index (χ3v) is 4.41. The van der Waals surface area contributed by atoms with Gasteiger partial charge >= 0.3 is 6.16 Å². The van der Waals surface area contributed by atoms with Crippen molar-refractivity contribution in [2.24, 2.45) is 16.6 Å². The third-order valence-electron chi connectivity index (χ3n) is 4.41. The summed E-state index contributed by atoms with van der Waals surface area (Å²) in [6.45, 7) is 3.31. The molecule has 1 unspecified atom stereocenters. The highest BCUT2D eigenvalue weighted by Crippen LogP contribution is 2.18. The van der Waals surface area contributed by atoms with E-state index in [4.69, 9.17) is 15.2 Å². The molecule has 4 N–H and O–H groups in total. The quantitative estimate of drug-likeness (QED) is 0.118. The summed E-state index contributed by atoms with van der Waals surface area (Å²) >= 11 is 0. The summed E-state index contributed by atoms with van der Waals surface area (Å²) in [6.07, 6.45) is 0.0889. The van der Waals surface area contributed by atoms with Gasteiger partial charge in [0.15, 0.2) is 0 Å². The minimum Gasteiger partial charge on any atom is -0.429 e. The summed E-state index contributed by atoms with van der Waals surface area (Å²) < 4.78 is 9.96. The van der Waals surface area contributed by atoms with Gasteiger partial charge in [-0.25, -0.2) is 4.79 Å². The summed E-state index contributed by atoms with van der Waals surface area (Å²) in [6, 6.07) is 10.8. The highest BCUT2D eigenvalue weighted by Gasteiger charge is 2.21. The summed E-state index contributed by atoms with van der Waals surface area (Å²) in [7, 11) is 0. The topological polar surface area (TPSA) is 175 Å². The summed E-state index contributed by atoms with van der Waals surface area (Å²) in [5.74, 6) is -0.803. The second-order valence-corrected chi connectivity index (χ2v) is 7.34. The molecule has 0 aliphatic heterocycles. The molecule has 12 nitrogen and oxygen atoms in total. The van der Waals surface area contributed by atoms with Gasteiger partial charge in [-0.05, 0) is 35.7 Å². The molecule has 0 fully saturated rings. The fourth-order valence-electron chi connectivity index (χ4n) is 2.70. The van der Waals surface area contributed by atoms with Crippen LogP contribution in [0.1, 0.15) is 19.4 Å². The number of hydrogen-bond donors (Lipinski definition) is 3. The maximum Gasteiger partial charge on any atom is 0.514 e. The zero-order chi connectivity index (χ0) is 25.1. The molecule has 12 heteroatoms.